The number of anilines is 1. The van der Waals surface area contributed by atoms with E-state index in [0.717, 1.165) is 17.1 Å². The fraction of sp³-hybridized carbons (Fsp3) is 0.417. The molecule has 0 saturated carbocycles. The van der Waals surface area contributed by atoms with Gasteiger partial charge in [-0.05, 0) is 19.9 Å². The van der Waals surface area contributed by atoms with Crippen LogP contribution in [0.4, 0.5) is 5.69 Å². The molecule has 0 aliphatic rings. The maximum Gasteiger partial charge on any atom is 0.242 e. The predicted octanol–water partition coefficient (Wildman–Crippen LogP) is 0.132. The Morgan fingerprint density at radius 3 is 2.74 bits per heavy atom. The quantitative estimate of drug-likeness (QED) is 0.819. The lowest BCUT2D eigenvalue weighted by molar-refractivity contribution is -0.122. The average Bonchev–Trinajstić information content (AvgIpc) is 2.87. The molecule has 2 aromatic rings. The average molecular weight is 262 g/mol. The van der Waals surface area contributed by atoms with E-state index < -0.39 is 0 Å². The van der Waals surface area contributed by atoms with E-state index in [9.17, 15) is 4.79 Å². The largest absolute Gasteiger partial charge is 0.396 e. The van der Waals surface area contributed by atoms with Crippen LogP contribution in [0.1, 0.15) is 17.1 Å². The van der Waals surface area contributed by atoms with Gasteiger partial charge in [0.25, 0.3) is 0 Å². The molecule has 7 heteroatoms. The SMILES string of the molecule is Cc1nn(CC(=O)NCc2ccnn2C)c(C)c1N. The molecule has 7 nitrogen and oxygen atoms in total. The molecule has 0 atom stereocenters. The zero-order valence-electron chi connectivity index (χ0n) is 11.3. The van der Waals surface area contributed by atoms with E-state index in [1.165, 1.54) is 0 Å². The Labute approximate surface area is 111 Å². The number of amides is 1. The van der Waals surface area contributed by atoms with E-state index in [2.05, 4.69) is 15.5 Å². The van der Waals surface area contributed by atoms with Gasteiger partial charge >= 0.3 is 0 Å². The first-order valence-corrected chi connectivity index (χ1v) is 6.02. The molecule has 0 aliphatic heterocycles. The molecule has 1 amide bonds. The van der Waals surface area contributed by atoms with Gasteiger partial charge in [0, 0.05) is 13.2 Å². The zero-order valence-corrected chi connectivity index (χ0v) is 11.3. The molecular formula is C12H18N6O. The normalized spacial score (nSPS) is 10.7. The predicted molar refractivity (Wildman–Crippen MR) is 71.2 cm³/mol. The van der Waals surface area contributed by atoms with Gasteiger partial charge in [0.1, 0.15) is 6.54 Å². The van der Waals surface area contributed by atoms with Crippen LogP contribution in [-0.2, 0) is 24.9 Å². The third-order valence-corrected chi connectivity index (χ3v) is 3.12. The first kappa shape index (κ1) is 13.1. The molecule has 0 saturated heterocycles. The van der Waals surface area contributed by atoms with Gasteiger partial charge in [-0.25, -0.2) is 0 Å². The monoisotopic (exact) mass is 262 g/mol. The van der Waals surface area contributed by atoms with Crippen LogP contribution in [0.25, 0.3) is 0 Å². The Bertz CT molecular complexity index is 597. The van der Waals surface area contributed by atoms with Crippen molar-refractivity contribution < 1.29 is 4.79 Å². The summed E-state index contributed by atoms with van der Waals surface area (Å²) in [6, 6.07) is 1.86. The molecule has 0 aliphatic carbocycles. The molecule has 0 radical (unpaired) electrons. The summed E-state index contributed by atoms with van der Waals surface area (Å²) in [7, 11) is 1.84. The van der Waals surface area contributed by atoms with Crippen molar-refractivity contribution in [2.45, 2.75) is 26.9 Å². The Morgan fingerprint density at radius 2 is 2.21 bits per heavy atom. The minimum atomic E-state index is -0.105. The molecule has 2 heterocycles. The number of nitrogens with two attached hydrogens (primary N) is 1. The summed E-state index contributed by atoms with van der Waals surface area (Å²) in [6.45, 7) is 4.29. The van der Waals surface area contributed by atoms with Crippen LogP contribution in [-0.4, -0.2) is 25.5 Å². The van der Waals surface area contributed by atoms with Crippen LogP contribution in [0, 0.1) is 13.8 Å². The zero-order chi connectivity index (χ0) is 14.0. The van der Waals surface area contributed by atoms with Crippen LogP contribution >= 0.6 is 0 Å². The number of rotatable bonds is 4. The van der Waals surface area contributed by atoms with Gasteiger partial charge in [-0.3, -0.25) is 14.2 Å². The molecule has 0 fully saturated rings. The Hall–Kier alpha value is -2.31. The van der Waals surface area contributed by atoms with Crippen LogP contribution < -0.4 is 11.1 Å². The number of carbonyl (C=O) groups is 1. The van der Waals surface area contributed by atoms with Crippen LogP contribution in [0.2, 0.25) is 0 Å². The number of hydrogen-bond donors (Lipinski definition) is 2. The van der Waals surface area contributed by atoms with Gasteiger partial charge in [0.2, 0.25) is 5.91 Å². The van der Waals surface area contributed by atoms with Crippen molar-refractivity contribution in [2.24, 2.45) is 7.05 Å². The van der Waals surface area contributed by atoms with E-state index in [1.807, 2.05) is 27.0 Å². The fourth-order valence-corrected chi connectivity index (χ4v) is 1.82. The molecule has 0 aromatic carbocycles. The number of aromatic nitrogens is 4. The highest BCUT2D eigenvalue weighted by molar-refractivity contribution is 5.75. The second kappa shape index (κ2) is 5.13. The van der Waals surface area contributed by atoms with Crippen LogP contribution in [0.15, 0.2) is 12.3 Å². The minimum absolute atomic E-state index is 0.105. The Balaban J connectivity index is 1.94. The lowest BCUT2D eigenvalue weighted by Gasteiger charge is -2.07. The molecular weight excluding hydrogens is 244 g/mol. The molecule has 2 aromatic heterocycles. The summed E-state index contributed by atoms with van der Waals surface area (Å²) in [4.78, 5) is 11.8. The van der Waals surface area contributed by atoms with Crippen molar-refractivity contribution in [3.63, 3.8) is 0 Å². The van der Waals surface area contributed by atoms with Crippen molar-refractivity contribution in [3.8, 4) is 0 Å². The van der Waals surface area contributed by atoms with Gasteiger partial charge in [-0.1, -0.05) is 0 Å². The summed E-state index contributed by atoms with van der Waals surface area (Å²) in [5.41, 5.74) is 8.97. The molecule has 102 valence electrons. The number of aryl methyl sites for hydroxylation is 2. The standard InChI is InChI=1S/C12H18N6O/c1-8-12(13)9(2)18(16-8)7-11(19)14-6-10-4-5-15-17(10)3/h4-5H,6-7,13H2,1-3H3,(H,14,19). The Morgan fingerprint density at radius 1 is 1.47 bits per heavy atom. The van der Waals surface area contributed by atoms with E-state index in [1.54, 1.807) is 15.6 Å². The second-order valence-electron chi connectivity index (χ2n) is 4.47. The van der Waals surface area contributed by atoms with Crippen LogP contribution in [0.3, 0.4) is 0 Å². The number of nitrogen functional groups attached to an aromatic ring is 1. The number of nitrogens with zero attached hydrogens (tertiary/aromatic N) is 4. The summed E-state index contributed by atoms with van der Waals surface area (Å²) in [6.07, 6.45) is 1.70. The highest BCUT2D eigenvalue weighted by Crippen LogP contribution is 2.14. The summed E-state index contributed by atoms with van der Waals surface area (Å²) < 4.78 is 3.34. The number of hydrogen-bond acceptors (Lipinski definition) is 4. The van der Waals surface area contributed by atoms with Crippen molar-refractivity contribution in [2.75, 3.05) is 5.73 Å². The number of nitrogens with one attached hydrogen (secondary N) is 1. The molecule has 0 unspecified atom stereocenters. The smallest absolute Gasteiger partial charge is 0.242 e. The molecule has 0 bridgehead atoms. The van der Waals surface area contributed by atoms with Gasteiger partial charge < -0.3 is 11.1 Å². The maximum atomic E-state index is 11.8. The Kier molecular flexibility index (Phi) is 3.55. The summed E-state index contributed by atoms with van der Waals surface area (Å²) >= 11 is 0. The highest BCUT2D eigenvalue weighted by atomic mass is 16.2. The first-order valence-electron chi connectivity index (χ1n) is 6.02. The van der Waals surface area contributed by atoms with Gasteiger partial charge in [-0.2, -0.15) is 10.2 Å². The highest BCUT2D eigenvalue weighted by Gasteiger charge is 2.11. The summed E-state index contributed by atoms with van der Waals surface area (Å²) in [5, 5.41) is 11.1. The van der Waals surface area contributed by atoms with Gasteiger partial charge in [-0.15, -0.1) is 0 Å². The first-order chi connectivity index (χ1) is 8.99. The lowest BCUT2D eigenvalue weighted by atomic mass is 10.3. The molecule has 2 rings (SSSR count). The lowest BCUT2D eigenvalue weighted by Crippen LogP contribution is -2.28. The van der Waals surface area contributed by atoms with Crippen molar-refractivity contribution in [1.82, 2.24) is 24.9 Å². The van der Waals surface area contributed by atoms with E-state index in [-0.39, 0.29) is 12.5 Å². The fourth-order valence-electron chi connectivity index (χ4n) is 1.82. The minimum Gasteiger partial charge on any atom is -0.396 e. The molecule has 0 spiro atoms. The molecule has 19 heavy (non-hydrogen) atoms. The van der Waals surface area contributed by atoms with E-state index in [0.29, 0.717) is 12.2 Å². The van der Waals surface area contributed by atoms with Gasteiger partial charge in [0.15, 0.2) is 0 Å². The van der Waals surface area contributed by atoms with E-state index in [4.69, 9.17) is 5.73 Å². The van der Waals surface area contributed by atoms with Gasteiger partial charge in [0.05, 0.1) is 29.3 Å². The molecule has 3 N–H and O–H groups in total. The third-order valence-electron chi connectivity index (χ3n) is 3.12. The summed E-state index contributed by atoms with van der Waals surface area (Å²) in [5.74, 6) is -0.105. The van der Waals surface area contributed by atoms with E-state index >= 15 is 0 Å². The maximum absolute atomic E-state index is 11.8. The van der Waals surface area contributed by atoms with Crippen molar-refractivity contribution in [3.05, 3.63) is 29.3 Å². The number of carbonyl (C=O) groups excluding carboxylic acids is 1. The van der Waals surface area contributed by atoms with Crippen molar-refractivity contribution >= 4 is 11.6 Å². The second-order valence-corrected chi connectivity index (χ2v) is 4.47. The van der Waals surface area contributed by atoms with Crippen LogP contribution in [0.5, 0.6) is 0 Å². The van der Waals surface area contributed by atoms with Crippen molar-refractivity contribution in [1.29, 1.82) is 0 Å². The topological polar surface area (TPSA) is 90.8 Å². The third kappa shape index (κ3) is 2.75.